The molecule has 0 aliphatic heterocycles. The maximum Gasteiger partial charge on any atom is 0.238 e. The standard InChI is InChI=1S/C14H19BrClNO/c1-10-6-5-7-11(2)13(10)17-14(18)12(15)8-3-4-9-16/h5-7,12H,3-4,8-9H2,1-2H3,(H,17,18)/t12-/m0/s1. The number of unbranched alkanes of at least 4 members (excludes halogenated alkanes) is 1. The van der Waals surface area contributed by atoms with E-state index in [4.69, 9.17) is 11.6 Å². The van der Waals surface area contributed by atoms with Crippen LogP contribution < -0.4 is 5.32 Å². The van der Waals surface area contributed by atoms with E-state index in [2.05, 4.69) is 21.2 Å². The first kappa shape index (κ1) is 15.5. The normalized spacial score (nSPS) is 12.2. The van der Waals surface area contributed by atoms with Crippen LogP contribution in [0.3, 0.4) is 0 Å². The number of carbonyl (C=O) groups is 1. The highest BCUT2D eigenvalue weighted by atomic mass is 79.9. The molecule has 1 atom stereocenters. The largest absolute Gasteiger partial charge is 0.325 e. The summed E-state index contributed by atoms with van der Waals surface area (Å²) in [6.07, 6.45) is 2.71. The summed E-state index contributed by atoms with van der Waals surface area (Å²) in [4.78, 5) is 11.9. The summed E-state index contributed by atoms with van der Waals surface area (Å²) in [7, 11) is 0. The van der Waals surface area contributed by atoms with Gasteiger partial charge in [-0.15, -0.1) is 11.6 Å². The van der Waals surface area contributed by atoms with E-state index in [0.717, 1.165) is 36.1 Å². The van der Waals surface area contributed by atoms with Gasteiger partial charge in [-0.1, -0.05) is 40.5 Å². The van der Waals surface area contributed by atoms with Crippen LogP contribution in [0.15, 0.2) is 18.2 Å². The van der Waals surface area contributed by atoms with E-state index in [1.54, 1.807) is 0 Å². The van der Waals surface area contributed by atoms with E-state index in [1.807, 2.05) is 32.0 Å². The Morgan fingerprint density at radius 1 is 1.33 bits per heavy atom. The molecule has 4 heteroatoms. The highest BCUT2D eigenvalue weighted by Gasteiger charge is 2.15. The lowest BCUT2D eigenvalue weighted by Gasteiger charge is -2.14. The number of amides is 1. The highest BCUT2D eigenvalue weighted by Crippen LogP contribution is 2.21. The van der Waals surface area contributed by atoms with Crippen LogP contribution in [-0.2, 0) is 4.79 Å². The quantitative estimate of drug-likeness (QED) is 0.606. The van der Waals surface area contributed by atoms with Crippen LogP contribution in [0.1, 0.15) is 30.4 Å². The number of para-hydroxylation sites is 1. The lowest BCUT2D eigenvalue weighted by molar-refractivity contribution is -0.115. The van der Waals surface area contributed by atoms with Gasteiger partial charge in [0.2, 0.25) is 5.91 Å². The summed E-state index contributed by atoms with van der Waals surface area (Å²) in [5.74, 6) is 0.667. The minimum atomic E-state index is -0.153. The fourth-order valence-corrected chi connectivity index (χ4v) is 2.39. The summed E-state index contributed by atoms with van der Waals surface area (Å²) in [6, 6.07) is 5.99. The van der Waals surface area contributed by atoms with Crippen molar-refractivity contribution in [3.63, 3.8) is 0 Å². The van der Waals surface area contributed by atoms with Gasteiger partial charge in [0.05, 0.1) is 4.83 Å². The zero-order valence-corrected chi connectivity index (χ0v) is 13.1. The third kappa shape index (κ3) is 4.62. The molecule has 0 saturated heterocycles. The third-order valence-electron chi connectivity index (χ3n) is 2.86. The summed E-state index contributed by atoms with van der Waals surface area (Å²) in [5.41, 5.74) is 3.09. The summed E-state index contributed by atoms with van der Waals surface area (Å²) in [6.45, 7) is 4.00. The average molecular weight is 333 g/mol. The maximum absolute atomic E-state index is 12.0. The maximum atomic E-state index is 12.0. The van der Waals surface area contributed by atoms with Gasteiger partial charge < -0.3 is 5.32 Å². The molecule has 0 aromatic heterocycles. The second-order valence-electron chi connectivity index (χ2n) is 4.41. The Labute approximate surface area is 122 Å². The number of hydrogen-bond donors (Lipinski definition) is 1. The predicted molar refractivity (Wildman–Crippen MR) is 81.8 cm³/mol. The van der Waals surface area contributed by atoms with Gasteiger partial charge in [0, 0.05) is 11.6 Å². The molecule has 0 aliphatic carbocycles. The Morgan fingerprint density at radius 3 is 2.50 bits per heavy atom. The molecule has 1 rings (SSSR count). The van der Waals surface area contributed by atoms with Gasteiger partial charge in [-0.25, -0.2) is 0 Å². The van der Waals surface area contributed by atoms with Crippen molar-refractivity contribution in [3.05, 3.63) is 29.3 Å². The molecule has 0 unspecified atom stereocenters. The Morgan fingerprint density at radius 2 is 1.94 bits per heavy atom. The van der Waals surface area contributed by atoms with Gasteiger partial charge in [0.25, 0.3) is 0 Å². The lowest BCUT2D eigenvalue weighted by atomic mass is 10.1. The molecule has 1 amide bonds. The topological polar surface area (TPSA) is 29.1 Å². The molecule has 1 aromatic rings. The number of aryl methyl sites for hydroxylation is 2. The van der Waals surface area contributed by atoms with Crippen molar-refractivity contribution in [3.8, 4) is 0 Å². The molecule has 0 saturated carbocycles. The van der Waals surface area contributed by atoms with E-state index < -0.39 is 0 Å². The molecule has 0 bridgehead atoms. The van der Waals surface area contributed by atoms with E-state index >= 15 is 0 Å². The van der Waals surface area contributed by atoms with Crippen molar-refractivity contribution in [1.29, 1.82) is 0 Å². The first-order valence-corrected chi connectivity index (χ1v) is 7.58. The van der Waals surface area contributed by atoms with Crippen molar-refractivity contribution in [2.75, 3.05) is 11.2 Å². The van der Waals surface area contributed by atoms with Crippen LogP contribution in [0.4, 0.5) is 5.69 Å². The van der Waals surface area contributed by atoms with E-state index in [1.165, 1.54) is 0 Å². The van der Waals surface area contributed by atoms with E-state index in [0.29, 0.717) is 5.88 Å². The molecule has 1 N–H and O–H groups in total. The monoisotopic (exact) mass is 331 g/mol. The smallest absolute Gasteiger partial charge is 0.238 e. The van der Waals surface area contributed by atoms with Gasteiger partial charge in [-0.05, 0) is 37.8 Å². The Bertz CT molecular complexity index is 389. The predicted octanol–water partition coefficient (Wildman–Crippen LogP) is 4.41. The van der Waals surface area contributed by atoms with E-state index in [9.17, 15) is 4.79 Å². The molecule has 0 spiro atoms. The highest BCUT2D eigenvalue weighted by molar-refractivity contribution is 9.10. The zero-order chi connectivity index (χ0) is 13.5. The summed E-state index contributed by atoms with van der Waals surface area (Å²) >= 11 is 9.04. The number of anilines is 1. The average Bonchev–Trinajstić information content (AvgIpc) is 2.34. The molecule has 18 heavy (non-hydrogen) atoms. The molecule has 2 nitrogen and oxygen atoms in total. The number of nitrogens with one attached hydrogen (secondary N) is 1. The molecule has 0 aliphatic rings. The van der Waals surface area contributed by atoms with Crippen LogP contribution in [0.25, 0.3) is 0 Å². The first-order valence-electron chi connectivity index (χ1n) is 6.13. The van der Waals surface area contributed by atoms with Crippen LogP contribution in [0.5, 0.6) is 0 Å². The number of alkyl halides is 2. The van der Waals surface area contributed by atoms with E-state index in [-0.39, 0.29) is 10.7 Å². The molecular formula is C14H19BrClNO. The number of rotatable bonds is 6. The lowest BCUT2D eigenvalue weighted by Crippen LogP contribution is -2.23. The van der Waals surface area contributed by atoms with Crippen LogP contribution in [0.2, 0.25) is 0 Å². The molecule has 1 aromatic carbocycles. The van der Waals surface area contributed by atoms with Crippen LogP contribution >= 0.6 is 27.5 Å². The third-order valence-corrected chi connectivity index (χ3v) is 4.00. The van der Waals surface area contributed by atoms with Gasteiger partial charge in [0.1, 0.15) is 0 Å². The van der Waals surface area contributed by atoms with Crippen LogP contribution in [-0.4, -0.2) is 16.6 Å². The minimum Gasteiger partial charge on any atom is -0.325 e. The second-order valence-corrected chi connectivity index (χ2v) is 5.89. The molecule has 0 radical (unpaired) electrons. The Balaban J connectivity index is 2.58. The summed E-state index contributed by atoms with van der Waals surface area (Å²) < 4.78 is 0. The van der Waals surface area contributed by atoms with Crippen molar-refractivity contribution < 1.29 is 4.79 Å². The number of halogens is 2. The Hall–Kier alpha value is -0.540. The minimum absolute atomic E-state index is 0.0157. The van der Waals surface area contributed by atoms with Gasteiger partial charge in [0.15, 0.2) is 0 Å². The van der Waals surface area contributed by atoms with Crippen molar-refractivity contribution in [2.45, 2.75) is 37.9 Å². The van der Waals surface area contributed by atoms with Gasteiger partial charge in [-0.2, -0.15) is 0 Å². The van der Waals surface area contributed by atoms with Gasteiger partial charge in [-0.3, -0.25) is 4.79 Å². The fraction of sp³-hybridized carbons (Fsp3) is 0.500. The number of carbonyl (C=O) groups excluding carboxylic acids is 1. The number of benzene rings is 1. The SMILES string of the molecule is Cc1cccc(C)c1NC(=O)[C@@H](Br)CCCCCl. The molecule has 100 valence electrons. The van der Waals surface area contributed by atoms with Gasteiger partial charge >= 0.3 is 0 Å². The van der Waals surface area contributed by atoms with Crippen LogP contribution in [0, 0.1) is 13.8 Å². The molecular weight excluding hydrogens is 314 g/mol. The Kier molecular flexibility index (Phi) is 6.72. The molecule has 0 heterocycles. The van der Waals surface area contributed by atoms with Crippen molar-refractivity contribution in [1.82, 2.24) is 0 Å². The van der Waals surface area contributed by atoms with Crippen molar-refractivity contribution >= 4 is 39.1 Å². The first-order chi connectivity index (χ1) is 8.56. The number of hydrogen-bond acceptors (Lipinski definition) is 1. The second kappa shape index (κ2) is 7.80. The zero-order valence-electron chi connectivity index (χ0n) is 10.8. The molecule has 0 fully saturated rings. The fourth-order valence-electron chi connectivity index (χ4n) is 1.76. The summed E-state index contributed by atoms with van der Waals surface area (Å²) in [5, 5.41) is 2.99. The van der Waals surface area contributed by atoms with Crippen molar-refractivity contribution in [2.24, 2.45) is 0 Å².